The number of nitro groups is 1. The van der Waals surface area contributed by atoms with Gasteiger partial charge >= 0.3 is 0 Å². The highest BCUT2D eigenvalue weighted by atomic mass is 16.6. The summed E-state index contributed by atoms with van der Waals surface area (Å²) in [6, 6.07) is 6.56. The fourth-order valence-electron chi connectivity index (χ4n) is 1.16. The van der Waals surface area contributed by atoms with Gasteiger partial charge < -0.3 is 10.1 Å². The summed E-state index contributed by atoms with van der Waals surface area (Å²) in [7, 11) is 1.61. The highest BCUT2D eigenvalue weighted by molar-refractivity contribution is 5.61. The Morgan fingerprint density at radius 3 is 2.62 bits per heavy atom. The number of nitrogens with one attached hydrogen (secondary N) is 1. The molecule has 1 aromatic carbocycles. The first kappa shape index (κ1) is 12.4. The minimum absolute atomic E-state index is 0.0782. The monoisotopic (exact) mass is 224 g/mol. The van der Waals surface area contributed by atoms with Crippen LogP contribution in [0.1, 0.15) is 13.8 Å². The fraction of sp³-hybridized carbons (Fsp3) is 0.455. The zero-order valence-corrected chi connectivity index (χ0v) is 9.69. The van der Waals surface area contributed by atoms with Crippen LogP contribution in [0.3, 0.4) is 0 Å². The van der Waals surface area contributed by atoms with Gasteiger partial charge in [0, 0.05) is 19.7 Å². The Labute approximate surface area is 94.6 Å². The van der Waals surface area contributed by atoms with Crippen LogP contribution in [0.15, 0.2) is 24.3 Å². The summed E-state index contributed by atoms with van der Waals surface area (Å²) in [5.74, 6) is 0. The molecule has 0 unspecified atom stereocenters. The maximum Gasteiger partial charge on any atom is 0.292 e. The third-order valence-corrected chi connectivity index (χ3v) is 2.36. The van der Waals surface area contributed by atoms with Crippen molar-refractivity contribution in [2.45, 2.75) is 19.4 Å². The second kappa shape index (κ2) is 4.94. The number of benzene rings is 1. The van der Waals surface area contributed by atoms with Crippen molar-refractivity contribution < 1.29 is 9.66 Å². The van der Waals surface area contributed by atoms with E-state index in [2.05, 4.69) is 5.32 Å². The zero-order valence-electron chi connectivity index (χ0n) is 9.69. The number of ether oxygens (including phenoxy) is 1. The molecule has 0 aromatic heterocycles. The Balaban J connectivity index is 2.78. The van der Waals surface area contributed by atoms with Gasteiger partial charge in [-0.3, -0.25) is 10.1 Å². The quantitative estimate of drug-likeness (QED) is 0.616. The SMILES string of the molecule is COC(C)(C)CNc1ccccc1[N+](=O)[O-]. The molecule has 0 fully saturated rings. The van der Waals surface area contributed by atoms with Crippen molar-refractivity contribution in [3.05, 3.63) is 34.4 Å². The van der Waals surface area contributed by atoms with E-state index in [9.17, 15) is 10.1 Å². The van der Waals surface area contributed by atoms with Crippen LogP contribution in [0.4, 0.5) is 11.4 Å². The van der Waals surface area contributed by atoms with E-state index in [0.29, 0.717) is 12.2 Å². The molecule has 0 bridgehead atoms. The molecule has 0 radical (unpaired) electrons. The Bertz CT molecular complexity index is 377. The Kier molecular flexibility index (Phi) is 3.84. The number of nitrogens with zero attached hydrogens (tertiary/aromatic N) is 1. The van der Waals surface area contributed by atoms with E-state index in [1.54, 1.807) is 25.3 Å². The largest absolute Gasteiger partial charge is 0.377 e. The van der Waals surface area contributed by atoms with Crippen molar-refractivity contribution >= 4 is 11.4 Å². The number of anilines is 1. The highest BCUT2D eigenvalue weighted by Crippen LogP contribution is 2.23. The maximum atomic E-state index is 10.8. The molecule has 5 heteroatoms. The van der Waals surface area contributed by atoms with Crippen molar-refractivity contribution in [2.24, 2.45) is 0 Å². The molecule has 0 aliphatic carbocycles. The topological polar surface area (TPSA) is 64.4 Å². The number of hydrogen-bond acceptors (Lipinski definition) is 4. The predicted octanol–water partition coefficient (Wildman–Crippen LogP) is 2.43. The molecule has 0 aliphatic heterocycles. The molecule has 0 spiro atoms. The van der Waals surface area contributed by atoms with Crippen LogP contribution in [-0.4, -0.2) is 24.2 Å². The third-order valence-electron chi connectivity index (χ3n) is 2.36. The summed E-state index contributed by atoms with van der Waals surface area (Å²) >= 11 is 0. The number of rotatable bonds is 5. The first-order valence-corrected chi connectivity index (χ1v) is 4.99. The molecule has 1 aromatic rings. The van der Waals surface area contributed by atoms with Gasteiger partial charge in [0.05, 0.1) is 10.5 Å². The lowest BCUT2D eigenvalue weighted by Gasteiger charge is -2.23. The van der Waals surface area contributed by atoms with Gasteiger partial charge in [-0.25, -0.2) is 0 Å². The van der Waals surface area contributed by atoms with Gasteiger partial charge in [-0.05, 0) is 19.9 Å². The molecule has 0 saturated carbocycles. The highest BCUT2D eigenvalue weighted by Gasteiger charge is 2.18. The minimum Gasteiger partial charge on any atom is -0.377 e. The van der Waals surface area contributed by atoms with Crippen LogP contribution in [-0.2, 0) is 4.74 Å². The molecular weight excluding hydrogens is 208 g/mol. The van der Waals surface area contributed by atoms with E-state index in [1.165, 1.54) is 6.07 Å². The van der Waals surface area contributed by atoms with E-state index < -0.39 is 4.92 Å². The predicted molar refractivity (Wildman–Crippen MR) is 62.7 cm³/mol. The van der Waals surface area contributed by atoms with E-state index in [4.69, 9.17) is 4.74 Å². The van der Waals surface area contributed by atoms with Crippen molar-refractivity contribution in [3.63, 3.8) is 0 Å². The molecule has 0 aliphatic rings. The molecule has 0 amide bonds. The van der Waals surface area contributed by atoms with Crippen molar-refractivity contribution in [1.29, 1.82) is 0 Å². The van der Waals surface area contributed by atoms with Crippen LogP contribution in [0.2, 0.25) is 0 Å². The average molecular weight is 224 g/mol. The van der Waals surface area contributed by atoms with Crippen LogP contribution >= 0.6 is 0 Å². The molecule has 88 valence electrons. The summed E-state index contributed by atoms with van der Waals surface area (Å²) in [5, 5.41) is 13.8. The molecule has 1 rings (SSSR count). The number of para-hydroxylation sites is 2. The van der Waals surface area contributed by atoms with E-state index in [0.717, 1.165) is 0 Å². The third kappa shape index (κ3) is 3.20. The first-order valence-electron chi connectivity index (χ1n) is 4.99. The van der Waals surface area contributed by atoms with Gasteiger partial charge in [-0.1, -0.05) is 12.1 Å². The van der Waals surface area contributed by atoms with Crippen LogP contribution < -0.4 is 5.32 Å². The lowest BCUT2D eigenvalue weighted by atomic mass is 10.1. The number of methoxy groups -OCH3 is 1. The number of hydrogen-bond donors (Lipinski definition) is 1. The molecule has 0 atom stereocenters. The summed E-state index contributed by atoms with van der Waals surface area (Å²) in [5.41, 5.74) is 0.232. The van der Waals surface area contributed by atoms with Gasteiger partial charge in [0.2, 0.25) is 0 Å². The maximum absolute atomic E-state index is 10.8. The summed E-state index contributed by atoms with van der Waals surface area (Å²) in [4.78, 5) is 10.3. The van der Waals surface area contributed by atoms with Crippen LogP contribution in [0, 0.1) is 10.1 Å². The number of nitro benzene ring substituents is 1. The fourth-order valence-corrected chi connectivity index (χ4v) is 1.16. The van der Waals surface area contributed by atoms with Gasteiger partial charge in [0.25, 0.3) is 5.69 Å². The molecule has 0 saturated heterocycles. The molecule has 1 N–H and O–H groups in total. The standard InChI is InChI=1S/C11H16N2O3/c1-11(2,16-3)8-12-9-6-4-5-7-10(9)13(14)15/h4-7,12H,8H2,1-3H3. The van der Waals surface area contributed by atoms with Gasteiger partial charge in [0.1, 0.15) is 5.69 Å². The van der Waals surface area contributed by atoms with Crippen LogP contribution in [0.5, 0.6) is 0 Å². The van der Waals surface area contributed by atoms with Crippen LogP contribution in [0.25, 0.3) is 0 Å². The molecule has 16 heavy (non-hydrogen) atoms. The van der Waals surface area contributed by atoms with Gasteiger partial charge in [0.15, 0.2) is 0 Å². The van der Waals surface area contributed by atoms with Crippen molar-refractivity contribution in [2.75, 3.05) is 19.0 Å². The summed E-state index contributed by atoms with van der Waals surface area (Å²) in [6.45, 7) is 4.33. The Morgan fingerprint density at radius 1 is 1.44 bits per heavy atom. The second-order valence-corrected chi connectivity index (χ2v) is 4.09. The molecule has 0 heterocycles. The minimum atomic E-state index is -0.401. The van der Waals surface area contributed by atoms with Gasteiger partial charge in [-0.2, -0.15) is 0 Å². The molecular formula is C11H16N2O3. The first-order chi connectivity index (χ1) is 7.46. The lowest BCUT2D eigenvalue weighted by Crippen LogP contribution is -2.32. The van der Waals surface area contributed by atoms with E-state index in [1.807, 2.05) is 13.8 Å². The summed E-state index contributed by atoms with van der Waals surface area (Å²) in [6.07, 6.45) is 0. The van der Waals surface area contributed by atoms with Crippen molar-refractivity contribution in [1.82, 2.24) is 0 Å². The smallest absolute Gasteiger partial charge is 0.292 e. The molecule has 5 nitrogen and oxygen atoms in total. The summed E-state index contributed by atoms with van der Waals surface area (Å²) < 4.78 is 5.23. The Hall–Kier alpha value is -1.62. The second-order valence-electron chi connectivity index (χ2n) is 4.09. The normalized spacial score (nSPS) is 11.2. The lowest BCUT2D eigenvalue weighted by molar-refractivity contribution is -0.384. The van der Waals surface area contributed by atoms with Crippen molar-refractivity contribution in [3.8, 4) is 0 Å². The van der Waals surface area contributed by atoms with E-state index >= 15 is 0 Å². The average Bonchev–Trinajstić information content (AvgIpc) is 2.27. The van der Waals surface area contributed by atoms with Gasteiger partial charge in [-0.15, -0.1) is 0 Å². The van der Waals surface area contributed by atoms with E-state index in [-0.39, 0.29) is 11.3 Å². The Morgan fingerprint density at radius 2 is 2.06 bits per heavy atom. The zero-order chi connectivity index (χ0) is 12.2.